The zero-order valence-corrected chi connectivity index (χ0v) is 16.3. The third kappa shape index (κ3) is 5.05. The molecule has 0 radical (unpaired) electrons. The SMILES string of the molecule is CCOc1cc(C=NO)cc(Cl)c1OCCOc1cc(C)cc(C)c1C. The maximum absolute atomic E-state index is 8.68. The first-order chi connectivity index (χ1) is 12.5. The highest BCUT2D eigenvalue weighted by Gasteiger charge is 2.13. The van der Waals surface area contributed by atoms with Crippen LogP contribution >= 0.6 is 11.6 Å². The van der Waals surface area contributed by atoms with Crippen LogP contribution in [0.25, 0.3) is 0 Å². The molecule has 0 saturated heterocycles. The standard InChI is InChI=1S/C20H24ClNO4/c1-5-24-19-11-16(12-22-23)10-17(21)20(19)26-7-6-25-18-9-13(2)8-14(3)15(18)4/h8-12,23H,5-7H2,1-4H3. The van der Waals surface area contributed by atoms with Crippen molar-refractivity contribution in [3.05, 3.63) is 51.5 Å². The van der Waals surface area contributed by atoms with Crippen LogP contribution in [0, 0.1) is 20.8 Å². The van der Waals surface area contributed by atoms with Gasteiger partial charge in [-0.05, 0) is 62.6 Å². The third-order valence-electron chi connectivity index (χ3n) is 3.89. The van der Waals surface area contributed by atoms with Gasteiger partial charge in [-0.3, -0.25) is 0 Å². The fourth-order valence-corrected chi connectivity index (χ4v) is 2.85. The molecule has 6 heteroatoms. The molecule has 0 spiro atoms. The van der Waals surface area contributed by atoms with Crippen molar-refractivity contribution >= 4 is 17.8 Å². The smallest absolute Gasteiger partial charge is 0.179 e. The Morgan fingerprint density at radius 3 is 2.42 bits per heavy atom. The fraction of sp³-hybridized carbons (Fsp3) is 0.350. The number of nitrogens with zero attached hydrogens (tertiary/aromatic N) is 1. The van der Waals surface area contributed by atoms with Crippen LogP contribution in [0.4, 0.5) is 0 Å². The summed E-state index contributed by atoms with van der Waals surface area (Å²) in [5.74, 6) is 1.80. The molecule has 0 fully saturated rings. The molecule has 1 N–H and O–H groups in total. The van der Waals surface area contributed by atoms with E-state index in [9.17, 15) is 0 Å². The maximum Gasteiger partial charge on any atom is 0.179 e. The van der Waals surface area contributed by atoms with Crippen molar-refractivity contribution in [2.75, 3.05) is 19.8 Å². The van der Waals surface area contributed by atoms with E-state index >= 15 is 0 Å². The Morgan fingerprint density at radius 1 is 1.00 bits per heavy atom. The molecular formula is C20H24ClNO4. The molecule has 0 unspecified atom stereocenters. The van der Waals surface area contributed by atoms with Gasteiger partial charge >= 0.3 is 0 Å². The van der Waals surface area contributed by atoms with Gasteiger partial charge in [0.05, 0.1) is 17.8 Å². The Bertz CT molecular complexity index is 790. The number of hydrogen-bond acceptors (Lipinski definition) is 5. The highest BCUT2D eigenvalue weighted by Crippen LogP contribution is 2.36. The first-order valence-corrected chi connectivity index (χ1v) is 8.81. The Kier molecular flexibility index (Phi) is 7.16. The molecule has 0 bridgehead atoms. The highest BCUT2D eigenvalue weighted by atomic mass is 35.5. The van der Waals surface area contributed by atoms with Gasteiger partial charge in [0.2, 0.25) is 0 Å². The van der Waals surface area contributed by atoms with Crippen LogP contribution in [0.1, 0.15) is 29.2 Å². The monoisotopic (exact) mass is 377 g/mol. The molecule has 0 saturated carbocycles. The predicted molar refractivity (Wildman–Crippen MR) is 104 cm³/mol. The van der Waals surface area contributed by atoms with E-state index in [0.717, 1.165) is 16.9 Å². The molecule has 0 aliphatic rings. The third-order valence-corrected chi connectivity index (χ3v) is 4.17. The van der Waals surface area contributed by atoms with Crippen molar-refractivity contribution in [1.29, 1.82) is 0 Å². The van der Waals surface area contributed by atoms with Gasteiger partial charge in [-0.25, -0.2) is 0 Å². The minimum absolute atomic E-state index is 0.319. The second-order valence-electron chi connectivity index (χ2n) is 5.91. The van der Waals surface area contributed by atoms with E-state index in [1.165, 1.54) is 11.8 Å². The zero-order chi connectivity index (χ0) is 19.1. The second kappa shape index (κ2) is 9.34. The Balaban J connectivity index is 2.05. The van der Waals surface area contributed by atoms with E-state index in [1.54, 1.807) is 12.1 Å². The quantitative estimate of drug-likeness (QED) is 0.306. The van der Waals surface area contributed by atoms with Crippen LogP contribution in [0.15, 0.2) is 29.4 Å². The highest BCUT2D eigenvalue weighted by molar-refractivity contribution is 6.32. The summed E-state index contributed by atoms with van der Waals surface area (Å²) >= 11 is 6.28. The van der Waals surface area contributed by atoms with E-state index in [0.29, 0.717) is 41.9 Å². The van der Waals surface area contributed by atoms with Gasteiger partial charge in [0, 0.05) is 5.56 Å². The van der Waals surface area contributed by atoms with E-state index in [4.69, 9.17) is 31.0 Å². The molecule has 5 nitrogen and oxygen atoms in total. The minimum Gasteiger partial charge on any atom is -0.490 e. The molecule has 0 atom stereocenters. The number of oxime groups is 1. The predicted octanol–water partition coefficient (Wildman–Crippen LogP) is 4.93. The van der Waals surface area contributed by atoms with E-state index in [1.807, 2.05) is 26.8 Å². The number of benzene rings is 2. The Morgan fingerprint density at radius 2 is 1.73 bits per heavy atom. The van der Waals surface area contributed by atoms with E-state index in [-0.39, 0.29) is 0 Å². The number of rotatable bonds is 8. The summed E-state index contributed by atoms with van der Waals surface area (Å²) in [6.45, 7) is 9.18. The average Bonchev–Trinajstić information content (AvgIpc) is 2.58. The van der Waals surface area contributed by atoms with Crippen molar-refractivity contribution < 1.29 is 19.4 Å². The molecule has 2 aromatic carbocycles. The van der Waals surface area contributed by atoms with Gasteiger partial charge in [0.1, 0.15) is 19.0 Å². The lowest BCUT2D eigenvalue weighted by molar-refractivity contribution is 0.207. The lowest BCUT2D eigenvalue weighted by Gasteiger charge is -2.16. The summed E-state index contributed by atoms with van der Waals surface area (Å²) in [4.78, 5) is 0. The van der Waals surface area contributed by atoms with Gasteiger partial charge in [0.15, 0.2) is 11.5 Å². The van der Waals surface area contributed by atoms with Crippen LogP contribution in [-0.2, 0) is 0 Å². The molecule has 2 aromatic rings. The lowest BCUT2D eigenvalue weighted by atomic mass is 10.1. The molecule has 0 aliphatic carbocycles. The zero-order valence-electron chi connectivity index (χ0n) is 15.5. The minimum atomic E-state index is 0.319. The maximum atomic E-state index is 8.68. The van der Waals surface area contributed by atoms with Gasteiger partial charge in [-0.15, -0.1) is 0 Å². The molecule has 0 heterocycles. The molecule has 0 aliphatic heterocycles. The summed E-state index contributed by atoms with van der Waals surface area (Å²) in [5, 5.41) is 12.1. The van der Waals surface area contributed by atoms with Crippen molar-refractivity contribution in [1.82, 2.24) is 0 Å². The fourth-order valence-electron chi connectivity index (χ4n) is 2.58. The average molecular weight is 378 g/mol. The Hall–Kier alpha value is -2.40. The van der Waals surface area contributed by atoms with Gasteiger partial charge < -0.3 is 19.4 Å². The largest absolute Gasteiger partial charge is 0.490 e. The number of halogens is 1. The lowest BCUT2D eigenvalue weighted by Crippen LogP contribution is -2.11. The molecule has 0 aromatic heterocycles. The van der Waals surface area contributed by atoms with Crippen molar-refractivity contribution in [2.45, 2.75) is 27.7 Å². The van der Waals surface area contributed by atoms with Crippen molar-refractivity contribution in [2.24, 2.45) is 5.16 Å². The van der Waals surface area contributed by atoms with Crippen LogP contribution < -0.4 is 14.2 Å². The second-order valence-corrected chi connectivity index (χ2v) is 6.32. The summed E-state index contributed by atoms with van der Waals surface area (Å²) in [6.07, 6.45) is 1.28. The Labute approximate surface area is 159 Å². The summed E-state index contributed by atoms with van der Waals surface area (Å²) in [6, 6.07) is 7.50. The van der Waals surface area contributed by atoms with Crippen LogP contribution in [0.3, 0.4) is 0 Å². The summed E-state index contributed by atoms with van der Waals surface area (Å²) in [7, 11) is 0. The number of ether oxygens (including phenoxy) is 3. The van der Waals surface area contributed by atoms with Crippen LogP contribution in [-0.4, -0.2) is 31.2 Å². The topological polar surface area (TPSA) is 60.3 Å². The first-order valence-electron chi connectivity index (χ1n) is 8.43. The van der Waals surface area contributed by atoms with Crippen LogP contribution in [0.2, 0.25) is 5.02 Å². The molecule has 2 rings (SSSR count). The van der Waals surface area contributed by atoms with Crippen molar-refractivity contribution in [3.63, 3.8) is 0 Å². The molecular weight excluding hydrogens is 354 g/mol. The van der Waals surface area contributed by atoms with Gasteiger partial charge in [0.25, 0.3) is 0 Å². The molecule has 140 valence electrons. The van der Waals surface area contributed by atoms with E-state index in [2.05, 4.69) is 18.1 Å². The summed E-state index contributed by atoms with van der Waals surface area (Å²) in [5.41, 5.74) is 4.10. The first kappa shape index (κ1) is 19.9. The van der Waals surface area contributed by atoms with Crippen molar-refractivity contribution in [3.8, 4) is 17.2 Å². The van der Waals surface area contributed by atoms with Crippen LogP contribution in [0.5, 0.6) is 17.2 Å². The normalized spacial score (nSPS) is 11.0. The van der Waals surface area contributed by atoms with Gasteiger partial charge in [-0.1, -0.05) is 22.8 Å². The number of aryl methyl sites for hydroxylation is 2. The molecule has 0 amide bonds. The number of hydrogen-bond donors (Lipinski definition) is 1. The summed E-state index contributed by atoms with van der Waals surface area (Å²) < 4.78 is 17.2. The molecule has 26 heavy (non-hydrogen) atoms. The van der Waals surface area contributed by atoms with E-state index < -0.39 is 0 Å². The van der Waals surface area contributed by atoms with Gasteiger partial charge in [-0.2, -0.15) is 0 Å².